The molecule has 0 radical (unpaired) electrons. The minimum atomic E-state index is 0.114. The quantitative estimate of drug-likeness (QED) is 0.654. The summed E-state index contributed by atoms with van der Waals surface area (Å²) in [6.07, 6.45) is 0.706. The highest BCUT2D eigenvalue weighted by molar-refractivity contribution is 4.87. The highest BCUT2D eigenvalue weighted by atomic mass is 16.3. The zero-order chi connectivity index (χ0) is 11.4. The maximum absolute atomic E-state index is 8.80. The van der Waals surface area contributed by atoms with E-state index < -0.39 is 0 Å². The van der Waals surface area contributed by atoms with Crippen LogP contribution < -0.4 is 5.73 Å². The number of likely N-dealkylation sites (tertiary alicyclic amines) is 1. The summed E-state index contributed by atoms with van der Waals surface area (Å²) in [4.78, 5) is 4.71. The molecule has 1 saturated heterocycles. The summed E-state index contributed by atoms with van der Waals surface area (Å²) in [6, 6.07) is 0.759. The molecule has 1 aliphatic rings. The van der Waals surface area contributed by atoms with E-state index in [9.17, 15) is 0 Å². The monoisotopic (exact) mass is 215 g/mol. The molecule has 90 valence electrons. The Morgan fingerprint density at radius 3 is 2.60 bits per heavy atom. The Bertz CT molecular complexity index is 187. The van der Waals surface area contributed by atoms with E-state index in [4.69, 9.17) is 10.8 Å². The van der Waals surface area contributed by atoms with Gasteiger partial charge in [0.25, 0.3) is 0 Å². The fourth-order valence-corrected chi connectivity index (χ4v) is 2.46. The normalized spacial score (nSPS) is 30.0. The van der Waals surface area contributed by atoms with Gasteiger partial charge in [0.15, 0.2) is 0 Å². The molecule has 0 spiro atoms. The SMILES string of the molecule is CC1CN(CC(N)CCO)CC1N(C)C. The van der Waals surface area contributed by atoms with Crippen LogP contribution in [-0.2, 0) is 0 Å². The van der Waals surface area contributed by atoms with Crippen LogP contribution in [-0.4, -0.2) is 67.3 Å². The summed E-state index contributed by atoms with van der Waals surface area (Å²) in [5.74, 6) is 0.710. The molecule has 1 rings (SSSR count). The van der Waals surface area contributed by atoms with Gasteiger partial charge in [0.05, 0.1) is 0 Å². The summed E-state index contributed by atoms with van der Waals surface area (Å²) in [7, 11) is 4.27. The van der Waals surface area contributed by atoms with Crippen molar-refractivity contribution >= 4 is 0 Å². The van der Waals surface area contributed by atoms with Crippen LogP contribution in [0.4, 0.5) is 0 Å². The first-order chi connectivity index (χ1) is 7.04. The lowest BCUT2D eigenvalue weighted by Crippen LogP contribution is -2.39. The molecule has 0 aromatic heterocycles. The molecule has 1 heterocycles. The molecular formula is C11H25N3O. The van der Waals surface area contributed by atoms with Crippen molar-refractivity contribution in [1.82, 2.24) is 9.80 Å². The summed E-state index contributed by atoms with van der Waals surface area (Å²) in [6.45, 7) is 5.63. The molecule has 4 nitrogen and oxygen atoms in total. The molecule has 0 bridgehead atoms. The van der Waals surface area contributed by atoms with Gasteiger partial charge in [0.2, 0.25) is 0 Å². The number of aliphatic hydroxyl groups excluding tert-OH is 1. The van der Waals surface area contributed by atoms with E-state index in [2.05, 4.69) is 30.8 Å². The molecule has 0 aromatic carbocycles. The van der Waals surface area contributed by atoms with Crippen LogP contribution in [0.5, 0.6) is 0 Å². The van der Waals surface area contributed by atoms with Gasteiger partial charge in [-0.15, -0.1) is 0 Å². The molecule has 4 heteroatoms. The number of nitrogens with zero attached hydrogens (tertiary/aromatic N) is 2. The second-order valence-electron chi connectivity index (χ2n) is 5.00. The van der Waals surface area contributed by atoms with Crippen molar-refractivity contribution in [2.45, 2.75) is 25.4 Å². The van der Waals surface area contributed by atoms with Crippen LogP contribution in [0, 0.1) is 5.92 Å². The van der Waals surface area contributed by atoms with Crippen molar-refractivity contribution in [2.75, 3.05) is 40.3 Å². The zero-order valence-electron chi connectivity index (χ0n) is 10.2. The highest BCUT2D eigenvalue weighted by Gasteiger charge is 2.31. The molecule has 0 aromatic rings. The molecule has 3 atom stereocenters. The number of likely N-dealkylation sites (N-methyl/N-ethyl adjacent to an activating group) is 1. The Labute approximate surface area is 93.0 Å². The number of aliphatic hydroxyl groups is 1. The summed E-state index contributed by atoms with van der Waals surface area (Å²) in [5.41, 5.74) is 5.92. The van der Waals surface area contributed by atoms with Crippen LogP contribution in [0.1, 0.15) is 13.3 Å². The van der Waals surface area contributed by atoms with Gasteiger partial charge < -0.3 is 15.7 Å². The van der Waals surface area contributed by atoms with Gasteiger partial charge in [-0.3, -0.25) is 4.90 Å². The number of hydrogen-bond donors (Lipinski definition) is 2. The van der Waals surface area contributed by atoms with Crippen molar-refractivity contribution in [3.05, 3.63) is 0 Å². The summed E-state index contributed by atoms with van der Waals surface area (Å²) in [5, 5.41) is 8.80. The fourth-order valence-electron chi connectivity index (χ4n) is 2.46. The number of nitrogens with two attached hydrogens (primary N) is 1. The Balaban J connectivity index is 2.34. The van der Waals surface area contributed by atoms with Crippen molar-refractivity contribution in [1.29, 1.82) is 0 Å². The number of rotatable bonds is 5. The molecule has 3 N–H and O–H groups in total. The first-order valence-corrected chi connectivity index (χ1v) is 5.79. The van der Waals surface area contributed by atoms with E-state index in [0.717, 1.165) is 19.6 Å². The van der Waals surface area contributed by atoms with Crippen LogP contribution in [0.25, 0.3) is 0 Å². The first kappa shape index (κ1) is 12.9. The maximum atomic E-state index is 8.80. The third-order valence-electron chi connectivity index (χ3n) is 3.30. The van der Waals surface area contributed by atoms with Crippen molar-refractivity contribution in [3.63, 3.8) is 0 Å². The fraction of sp³-hybridized carbons (Fsp3) is 1.00. The molecule has 15 heavy (non-hydrogen) atoms. The van der Waals surface area contributed by atoms with Crippen molar-refractivity contribution in [2.24, 2.45) is 11.7 Å². The molecule has 0 aliphatic carbocycles. The van der Waals surface area contributed by atoms with Crippen LogP contribution in [0.2, 0.25) is 0 Å². The van der Waals surface area contributed by atoms with Crippen molar-refractivity contribution in [3.8, 4) is 0 Å². The average Bonchev–Trinajstić information content (AvgIpc) is 2.47. The summed E-state index contributed by atoms with van der Waals surface area (Å²) < 4.78 is 0. The third kappa shape index (κ3) is 3.72. The smallest absolute Gasteiger partial charge is 0.0446 e. The lowest BCUT2D eigenvalue weighted by Gasteiger charge is -2.23. The van der Waals surface area contributed by atoms with Crippen LogP contribution in [0.3, 0.4) is 0 Å². The second kappa shape index (κ2) is 5.80. The van der Waals surface area contributed by atoms with Crippen molar-refractivity contribution < 1.29 is 5.11 Å². The molecule has 1 aliphatic heterocycles. The molecular weight excluding hydrogens is 190 g/mol. The lowest BCUT2D eigenvalue weighted by atomic mass is 10.1. The van der Waals surface area contributed by atoms with E-state index in [0.29, 0.717) is 18.4 Å². The average molecular weight is 215 g/mol. The first-order valence-electron chi connectivity index (χ1n) is 5.79. The molecule has 0 amide bonds. The topological polar surface area (TPSA) is 52.7 Å². The Kier molecular flexibility index (Phi) is 4.99. The third-order valence-corrected chi connectivity index (χ3v) is 3.30. The van der Waals surface area contributed by atoms with Crippen LogP contribution >= 0.6 is 0 Å². The van der Waals surface area contributed by atoms with Gasteiger partial charge in [-0.2, -0.15) is 0 Å². The maximum Gasteiger partial charge on any atom is 0.0446 e. The van der Waals surface area contributed by atoms with E-state index in [1.165, 1.54) is 0 Å². The molecule has 0 saturated carbocycles. The van der Waals surface area contributed by atoms with E-state index in [1.54, 1.807) is 0 Å². The van der Waals surface area contributed by atoms with E-state index in [1.807, 2.05) is 0 Å². The molecule has 3 unspecified atom stereocenters. The van der Waals surface area contributed by atoms with Gasteiger partial charge in [-0.1, -0.05) is 6.92 Å². The standard InChI is InChI=1S/C11H25N3O/c1-9-6-14(7-10(12)4-5-15)8-11(9)13(2)3/h9-11,15H,4-8,12H2,1-3H3. The minimum Gasteiger partial charge on any atom is -0.396 e. The predicted molar refractivity (Wildman–Crippen MR) is 62.8 cm³/mol. The Morgan fingerprint density at radius 1 is 1.47 bits per heavy atom. The van der Waals surface area contributed by atoms with Gasteiger partial charge in [0.1, 0.15) is 0 Å². The lowest BCUT2D eigenvalue weighted by molar-refractivity contribution is 0.231. The van der Waals surface area contributed by atoms with Gasteiger partial charge in [-0.25, -0.2) is 0 Å². The van der Waals surface area contributed by atoms with E-state index >= 15 is 0 Å². The van der Waals surface area contributed by atoms with Gasteiger partial charge in [-0.05, 0) is 26.4 Å². The largest absolute Gasteiger partial charge is 0.396 e. The second-order valence-corrected chi connectivity index (χ2v) is 5.00. The number of hydrogen-bond acceptors (Lipinski definition) is 4. The molecule has 1 fully saturated rings. The summed E-state index contributed by atoms with van der Waals surface area (Å²) >= 11 is 0. The van der Waals surface area contributed by atoms with E-state index in [-0.39, 0.29) is 12.6 Å². The van der Waals surface area contributed by atoms with Gasteiger partial charge >= 0.3 is 0 Å². The minimum absolute atomic E-state index is 0.114. The van der Waals surface area contributed by atoms with Gasteiger partial charge in [0, 0.05) is 38.3 Å². The zero-order valence-corrected chi connectivity index (χ0v) is 10.2. The highest BCUT2D eigenvalue weighted by Crippen LogP contribution is 2.19. The predicted octanol–water partition coefficient (Wildman–Crippen LogP) is -0.422. The van der Waals surface area contributed by atoms with Crippen LogP contribution in [0.15, 0.2) is 0 Å². The Hall–Kier alpha value is -0.160. The Morgan fingerprint density at radius 2 is 2.13 bits per heavy atom.